The van der Waals surface area contributed by atoms with Crippen LogP contribution in [0.1, 0.15) is 36.8 Å². The monoisotopic (exact) mass is 366 g/mol. The zero-order valence-electron chi connectivity index (χ0n) is 15.4. The quantitative estimate of drug-likeness (QED) is 0.703. The van der Waals surface area contributed by atoms with Gasteiger partial charge in [-0.3, -0.25) is 9.78 Å². The molecule has 1 aliphatic carbocycles. The number of nitrogens with zero attached hydrogens (tertiary/aromatic N) is 1. The van der Waals surface area contributed by atoms with Crippen LogP contribution < -0.4 is 10.1 Å². The zero-order valence-corrected chi connectivity index (χ0v) is 15.4. The Hall–Kier alpha value is -2.66. The Labute approximate surface area is 160 Å². The summed E-state index contributed by atoms with van der Waals surface area (Å²) in [5.41, 5.74) is 1.96. The molecule has 1 heterocycles. The Morgan fingerprint density at radius 2 is 2.11 bits per heavy atom. The second-order valence-electron chi connectivity index (χ2n) is 6.87. The number of amides is 1. The number of rotatable bonds is 8. The van der Waals surface area contributed by atoms with Gasteiger partial charge in [-0.1, -0.05) is 24.6 Å². The maximum absolute atomic E-state index is 12.2. The van der Waals surface area contributed by atoms with Crippen LogP contribution in [0.3, 0.4) is 0 Å². The standard InChI is InChI=1S/C22H26N2O3/c25-14-12-19-4-1-5-21(19)24-22(26)11-8-17-6-9-20(10-7-17)27-16-18-3-2-13-23-15-18/h2-3,6-11,13,15,19,21,25H,1,4-5,12,14,16H2,(H,24,26)/b11-8+. The maximum Gasteiger partial charge on any atom is 0.244 e. The molecule has 5 nitrogen and oxygen atoms in total. The fourth-order valence-corrected chi connectivity index (χ4v) is 3.47. The summed E-state index contributed by atoms with van der Waals surface area (Å²) in [5, 5.41) is 12.2. The van der Waals surface area contributed by atoms with Crippen LogP contribution in [0.15, 0.2) is 54.9 Å². The number of hydrogen-bond acceptors (Lipinski definition) is 4. The summed E-state index contributed by atoms with van der Waals surface area (Å²) in [6.45, 7) is 0.657. The van der Waals surface area contributed by atoms with Gasteiger partial charge in [-0.05, 0) is 55.0 Å². The van der Waals surface area contributed by atoms with E-state index in [0.717, 1.165) is 42.6 Å². The maximum atomic E-state index is 12.2. The van der Waals surface area contributed by atoms with Gasteiger partial charge in [0.05, 0.1) is 0 Å². The molecule has 1 amide bonds. The molecule has 1 saturated carbocycles. The number of nitrogens with one attached hydrogen (secondary N) is 1. The number of aromatic nitrogens is 1. The topological polar surface area (TPSA) is 71.5 Å². The Balaban J connectivity index is 1.48. The van der Waals surface area contributed by atoms with Gasteiger partial charge in [-0.25, -0.2) is 0 Å². The minimum absolute atomic E-state index is 0.0817. The molecule has 1 aromatic carbocycles. The van der Waals surface area contributed by atoms with Crippen LogP contribution >= 0.6 is 0 Å². The smallest absolute Gasteiger partial charge is 0.244 e. The summed E-state index contributed by atoms with van der Waals surface area (Å²) in [6, 6.07) is 11.7. The van der Waals surface area contributed by atoms with Crippen molar-refractivity contribution in [3.63, 3.8) is 0 Å². The van der Waals surface area contributed by atoms with E-state index in [1.807, 2.05) is 36.4 Å². The molecule has 0 bridgehead atoms. The lowest BCUT2D eigenvalue weighted by Gasteiger charge is -2.19. The third kappa shape index (κ3) is 5.93. The predicted molar refractivity (Wildman–Crippen MR) is 105 cm³/mol. The molecule has 2 atom stereocenters. The molecule has 0 radical (unpaired) electrons. The number of aliphatic hydroxyl groups is 1. The molecule has 0 aliphatic heterocycles. The second-order valence-corrected chi connectivity index (χ2v) is 6.87. The summed E-state index contributed by atoms with van der Waals surface area (Å²) < 4.78 is 5.73. The van der Waals surface area contributed by atoms with Crippen LogP contribution in [0.4, 0.5) is 0 Å². The first-order valence-electron chi connectivity index (χ1n) is 9.46. The highest BCUT2D eigenvalue weighted by Gasteiger charge is 2.27. The molecule has 2 aromatic rings. The van der Waals surface area contributed by atoms with Crippen molar-refractivity contribution in [2.45, 2.75) is 38.3 Å². The minimum Gasteiger partial charge on any atom is -0.489 e. The molecule has 0 spiro atoms. The first-order valence-corrected chi connectivity index (χ1v) is 9.46. The number of pyridine rings is 1. The third-order valence-electron chi connectivity index (χ3n) is 4.92. The average Bonchev–Trinajstić information content (AvgIpc) is 3.13. The van der Waals surface area contributed by atoms with Crippen molar-refractivity contribution in [3.05, 3.63) is 66.0 Å². The lowest BCUT2D eigenvalue weighted by atomic mass is 10.00. The molecular weight excluding hydrogens is 340 g/mol. The van der Waals surface area contributed by atoms with E-state index in [0.29, 0.717) is 12.5 Å². The van der Waals surface area contributed by atoms with E-state index in [9.17, 15) is 4.79 Å². The Morgan fingerprint density at radius 3 is 2.85 bits per heavy atom. The molecule has 0 saturated heterocycles. The fraction of sp³-hybridized carbons (Fsp3) is 0.364. The highest BCUT2D eigenvalue weighted by Crippen LogP contribution is 2.28. The SMILES string of the molecule is O=C(/C=C/c1ccc(OCc2cccnc2)cc1)NC1CCCC1CCO. The number of benzene rings is 1. The summed E-state index contributed by atoms with van der Waals surface area (Å²) in [4.78, 5) is 16.2. The van der Waals surface area contributed by atoms with Crippen molar-refractivity contribution in [1.82, 2.24) is 10.3 Å². The van der Waals surface area contributed by atoms with E-state index in [-0.39, 0.29) is 18.6 Å². The lowest BCUT2D eigenvalue weighted by Crippen LogP contribution is -2.36. The van der Waals surface area contributed by atoms with Crippen LogP contribution in [0.2, 0.25) is 0 Å². The van der Waals surface area contributed by atoms with E-state index in [2.05, 4.69) is 10.3 Å². The molecule has 1 fully saturated rings. The van der Waals surface area contributed by atoms with Crippen molar-refractivity contribution in [3.8, 4) is 5.75 Å². The largest absolute Gasteiger partial charge is 0.489 e. The average molecular weight is 366 g/mol. The molecular formula is C22H26N2O3. The Morgan fingerprint density at radius 1 is 1.26 bits per heavy atom. The first-order chi connectivity index (χ1) is 13.2. The number of aliphatic hydroxyl groups excluding tert-OH is 1. The van der Waals surface area contributed by atoms with Gasteiger partial charge in [0.25, 0.3) is 0 Å². The van der Waals surface area contributed by atoms with Gasteiger partial charge < -0.3 is 15.2 Å². The number of carbonyl (C=O) groups is 1. The fourth-order valence-electron chi connectivity index (χ4n) is 3.47. The minimum atomic E-state index is -0.0817. The van der Waals surface area contributed by atoms with Crippen LogP contribution in [-0.4, -0.2) is 28.6 Å². The van der Waals surface area contributed by atoms with Crippen molar-refractivity contribution < 1.29 is 14.6 Å². The molecule has 2 unspecified atom stereocenters. The summed E-state index contributed by atoms with van der Waals surface area (Å²) in [6.07, 6.45) is 10.8. The summed E-state index contributed by atoms with van der Waals surface area (Å²) in [5.74, 6) is 1.09. The number of hydrogen-bond donors (Lipinski definition) is 2. The summed E-state index contributed by atoms with van der Waals surface area (Å²) in [7, 11) is 0. The van der Waals surface area contributed by atoms with E-state index in [1.54, 1.807) is 24.5 Å². The first kappa shape index (κ1) is 19.1. The van der Waals surface area contributed by atoms with E-state index in [4.69, 9.17) is 9.84 Å². The number of carbonyl (C=O) groups excluding carboxylic acids is 1. The van der Waals surface area contributed by atoms with Gasteiger partial charge in [0.1, 0.15) is 12.4 Å². The Kier molecular flexibility index (Phi) is 6.99. The predicted octanol–water partition coefficient (Wildman–Crippen LogP) is 3.34. The second kappa shape index (κ2) is 9.88. The Bertz CT molecular complexity index is 744. The third-order valence-corrected chi connectivity index (χ3v) is 4.92. The van der Waals surface area contributed by atoms with E-state index >= 15 is 0 Å². The molecule has 27 heavy (non-hydrogen) atoms. The van der Waals surface area contributed by atoms with Gasteiger partial charge in [0, 0.05) is 36.7 Å². The van der Waals surface area contributed by atoms with E-state index in [1.165, 1.54) is 0 Å². The normalized spacial score (nSPS) is 19.3. The number of ether oxygens (including phenoxy) is 1. The van der Waals surface area contributed by atoms with Gasteiger partial charge in [-0.2, -0.15) is 0 Å². The molecule has 142 valence electrons. The summed E-state index contributed by atoms with van der Waals surface area (Å²) >= 11 is 0. The van der Waals surface area contributed by atoms with Gasteiger partial charge in [-0.15, -0.1) is 0 Å². The van der Waals surface area contributed by atoms with Crippen LogP contribution in [0, 0.1) is 5.92 Å². The molecule has 3 rings (SSSR count). The van der Waals surface area contributed by atoms with E-state index < -0.39 is 0 Å². The molecule has 2 N–H and O–H groups in total. The van der Waals surface area contributed by atoms with Gasteiger partial charge in [0.2, 0.25) is 5.91 Å². The van der Waals surface area contributed by atoms with Crippen LogP contribution in [0.25, 0.3) is 6.08 Å². The molecule has 1 aromatic heterocycles. The lowest BCUT2D eigenvalue weighted by molar-refractivity contribution is -0.117. The van der Waals surface area contributed by atoms with Crippen molar-refractivity contribution in [2.24, 2.45) is 5.92 Å². The van der Waals surface area contributed by atoms with Crippen molar-refractivity contribution in [2.75, 3.05) is 6.61 Å². The zero-order chi connectivity index (χ0) is 18.9. The molecule has 5 heteroatoms. The highest BCUT2D eigenvalue weighted by molar-refractivity contribution is 5.91. The van der Waals surface area contributed by atoms with Crippen molar-refractivity contribution >= 4 is 12.0 Å². The van der Waals surface area contributed by atoms with Crippen LogP contribution in [-0.2, 0) is 11.4 Å². The highest BCUT2D eigenvalue weighted by atomic mass is 16.5. The van der Waals surface area contributed by atoms with Crippen LogP contribution in [0.5, 0.6) is 5.75 Å². The van der Waals surface area contributed by atoms with Gasteiger partial charge in [0.15, 0.2) is 0 Å². The van der Waals surface area contributed by atoms with Crippen molar-refractivity contribution in [1.29, 1.82) is 0 Å². The molecule has 1 aliphatic rings. The van der Waals surface area contributed by atoms with Gasteiger partial charge >= 0.3 is 0 Å².